The summed E-state index contributed by atoms with van der Waals surface area (Å²) in [7, 11) is 1.98. The van der Waals surface area contributed by atoms with Crippen LogP contribution in [0.2, 0.25) is 0 Å². The first-order chi connectivity index (χ1) is 7.33. The predicted molar refractivity (Wildman–Crippen MR) is 64.3 cm³/mol. The SMILES string of the molecule is CC1CCCC(N(C)CC(C)(N)C(=O)O)C1. The Morgan fingerprint density at radius 1 is 1.56 bits per heavy atom. The number of nitrogens with two attached hydrogens (primary N) is 1. The van der Waals surface area contributed by atoms with Crippen molar-refractivity contribution in [3.8, 4) is 0 Å². The number of likely N-dealkylation sites (N-methyl/N-ethyl adjacent to an activating group) is 1. The van der Waals surface area contributed by atoms with Crippen LogP contribution in [0, 0.1) is 5.92 Å². The second kappa shape index (κ2) is 5.15. The maximum absolute atomic E-state index is 11.0. The van der Waals surface area contributed by atoms with Crippen molar-refractivity contribution in [2.24, 2.45) is 11.7 Å². The molecule has 0 amide bonds. The third-order valence-electron chi connectivity index (χ3n) is 3.60. The van der Waals surface area contributed by atoms with Gasteiger partial charge in [0.1, 0.15) is 5.54 Å². The molecular formula is C12H24N2O2. The zero-order valence-electron chi connectivity index (χ0n) is 10.6. The maximum Gasteiger partial charge on any atom is 0.324 e. The van der Waals surface area contributed by atoms with Crippen LogP contribution in [0.5, 0.6) is 0 Å². The lowest BCUT2D eigenvalue weighted by molar-refractivity contribution is -0.143. The van der Waals surface area contributed by atoms with E-state index in [0.29, 0.717) is 12.6 Å². The van der Waals surface area contributed by atoms with E-state index in [1.54, 1.807) is 6.92 Å². The molecule has 4 heteroatoms. The first-order valence-electron chi connectivity index (χ1n) is 6.05. The van der Waals surface area contributed by atoms with E-state index in [4.69, 9.17) is 10.8 Å². The van der Waals surface area contributed by atoms with Gasteiger partial charge >= 0.3 is 5.97 Å². The minimum atomic E-state index is -1.14. The number of carboxylic acid groups (broad SMARTS) is 1. The van der Waals surface area contributed by atoms with Crippen molar-refractivity contribution in [3.05, 3.63) is 0 Å². The van der Waals surface area contributed by atoms with Crippen molar-refractivity contribution in [1.29, 1.82) is 0 Å². The van der Waals surface area contributed by atoms with Gasteiger partial charge in [0.15, 0.2) is 0 Å². The number of carboxylic acids is 1. The van der Waals surface area contributed by atoms with E-state index in [1.165, 1.54) is 12.8 Å². The lowest BCUT2D eigenvalue weighted by Gasteiger charge is -2.37. The normalized spacial score (nSPS) is 30.1. The highest BCUT2D eigenvalue weighted by molar-refractivity contribution is 5.78. The molecule has 3 N–H and O–H groups in total. The summed E-state index contributed by atoms with van der Waals surface area (Å²) in [5, 5.41) is 8.99. The third kappa shape index (κ3) is 3.46. The molecule has 1 aliphatic rings. The molecule has 0 aromatic rings. The highest BCUT2D eigenvalue weighted by Crippen LogP contribution is 2.27. The van der Waals surface area contributed by atoms with Gasteiger partial charge < -0.3 is 15.7 Å². The van der Waals surface area contributed by atoms with Gasteiger partial charge in [0.2, 0.25) is 0 Å². The zero-order valence-corrected chi connectivity index (χ0v) is 10.6. The quantitative estimate of drug-likeness (QED) is 0.761. The lowest BCUT2D eigenvalue weighted by Crippen LogP contribution is -2.55. The van der Waals surface area contributed by atoms with Gasteiger partial charge in [0.25, 0.3) is 0 Å². The third-order valence-corrected chi connectivity index (χ3v) is 3.60. The Bertz CT molecular complexity index is 253. The van der Waals surface area contributed by atoms with E-state index in [2.05, 4.69) is 11.8 Å². The van der Waals surface area contributed by atoms with Gasteiger partial charge in [0.05, 0.1) is 0 Å². The molecule has 3 unspecified atom stereocenters. The fourth-order valence-electron chi connectivity index (χ4n) is 2.52. The van der Waals surface area contributed by atoms with Gasteiger partial charge in [-0.05, 0) is 32.7 Å². The molecule has 1 fully saturated rings. The van der Waals surface area contributed by atoms with Crippen molar-refractivity contribution in [2.45, 2.75) is 51.1 Å². The smallest absolute Gasteiger partial charge is 0.324 e. The summed E-state index contributed by atoms with van der Waals surface area (Å²) in [6.45, 7) is 4.26. The van der Waals surface area contributed by atoms with Gasteiger partial charge in [-0.3, -0.25) is 4.79 Å². The molecule has 0 aromatic heterocycles. The summed E-state index contributed by atoms with van der Waals surface area (Å²) in [6.07, 6.45) is 4.86. The largest absolute Gasteiger partial charge is 0.480 e. The standard InChI is InChI=1S/C12H24N2O2/c1-9-5-4-6-10(7-9)14(3)8-12(2,13)11(15)16/h9-10H,4-8,13H2,1-3H3,(H,15,16). The van der Waals surface area contributed by atoms with E-state index in [0.717, 1.165) is 18.8 Å². The number of nitrogens with zero attached hydrogens (tertiary/aromatic N) is 1. The highest BCUT2D eigenvalue weighted by Gasteiger charge is 2.32. The summed E-state index contributed by atoms with van der Waals surface area (Å²) in [4.78, 5) is 13.1. The first-order valence-corrected chi connectivity index (χ1v) is 6.05. The molecule has 0 radical (unpaired) electrons. The van der Waals surface area contributed by atoms with Crippen LogP contribution in [0.15, 0.2) is 0 Å². The minimum absolute atomic E-state index is 0.416. The molecule has 94 valence electrons. The topological polar surface area (TPSA) is 66.6 Å². The van der Waals surface area contributed by atoms with Gasteiger partial charge in [-0.15, -0.1) is 0 Å². The Morgan fingerprint density at radius 2 is 2.19 bits per heavy atom. The molecule has 4 nitrogen and oxygen atoms in total. The number of carbonyl (C=O) groups is 1. The van der Waals surface area contributed by atoms with Crippen molar-refractivity contribution in [2.75, 3.05) is 13.6 Å². The monoisotopic (exact) mass is 228 g/mol. The van der Waals surface area contributed by atoms with Crippen LogP contribution in [0.4, 0.5) is 0 Å². The van der Waals surface area contributed by atoms with E-state index in [9.17, 15) is 4.79 Å². The van der Waals surface area contributed by atoms with Crippen molar-refractivity contribution < 1.29 is 9.90 Å². The second-order valence-electron chi connectivity index (χ2n) is 5.56. The van der Waals surface area contributed by atoms with Crippen LogP contribution in [0.3, 0.4) is 0 Å². The Morgan fingerprint density at radius 3 is 2.69 bits per heavy atom. The van der Waals surface area contributed by atoms with Gasteiger partial charge in [-0.2, -0.15) is 0 Å². The van der Waals surface area contributed by atoms with Crippen LogP contribution < -0.4 is 5.73 Å². The molecule has 0 aromatic carbocycles. The molecule has 1 saturated carbocycles. The molecule has 0 aliphatic heterocycles. The summed E-state index contributed by atoms with van der Waals surface area (Å²) in [5.41, 5.74) is 4.62. The number of hydrogen-bond donors (Lipinski definition) is 2. The molecule has 0 saturated heterocycles. The van der Waals surface area contributed by atoms with Gasteiger partial charge in [0, 0.05) is 12.6 Å². The van der Waals surface area contributed by atoms with Crippen molar-refractivity contribution in [1.82, 2.24) is 4.90 Å². The summed E-state index contributed by atoms with van der Waals surface area (Å²) >= 11 is 0. The molecule has 0 heterocycles. The van der Waals surface area contributed by atoms with E-state index in [1.807, 2.05) is 7.05 Å². The number of hydrogen-bond acceptors (Lipinski definition) is 3. The molecular weight excluding hydrogens is 204 g/mol. The highest BCUT2D eigenvalue weighted by atomic mass is 16.4. The molecule has 1 aliphatic carbocycles. The molecule has 1 rings (SSSR count). The Kier molecular flexibility index (Phi) is 4.33. The lowest BCUT2D eigenvalue weighted by atomic mass is 9.86. The summed E-state index contributed by atoms with van der Waals surface area (Å²) in [5.74, 6) is -0.182. The van der Waals surface area contributed by atoms with E-state index in [-0.39, 0.29) is 0 Å². The van der Waals surface area contributed by atoms with Crippen molar-refractivity contribution in [3.63, 3.8) is 0 Å². The predicted octanol–water partition coefficient (Wildman–Crippen LogP) is 1.30. The number of aliphatic carboxylic acids is 1. The van der Waals surface area contributed by atoms with Gasteiger partial charge in [-0.25, -0.2) is 0 Å². The summed E-state index contributed by atoms with van der Waals surface area (Å²) < 4.78 is 0. The maximum atomic E-state index is 11.0. The molecule has 0 bridgehead atoms. The molecule has 16 heavy (non-hydrogen) atoms. The average Bonchev–Trinajstić information content (AvgIpc) is 2.16. The zero-order chi connectivity index (χ0) is 12.3. The Hall–Kier alpha value is -0.610. The summed E-state index contributed by atoms with van der Waals surface area (Å²) in [6, 6.07) is 0.492. The van der Waals surface area contributed by atoms with Crippen LogP contribution >= 0.6 is 0 Å². The fourth-order valence-corrected chi connectivity index (χ4v) is 2.52. The Labute approximate surface area is 97.8 Å². The first kappa shape index (κ1) is 13.5. The van der Waals surface area contributed by atoms with Gasteiger partial charge in [-0.1, -0.05) is 19.8 Å². The Balaban J connectivity index is 2.51. The number of rotatable bonds is 4. The fraction of sp³-hybridized carbons (Fsp3) is 0.917. The molecule has 0 spiro atoms. The average molecular weight is 228 g/mol. The molecule has 3 atom stereocenters. The second-order valence-corrected chi connectivity index (χ2v) is 5.56. The van der Waals surface area contributed by atoms with Crippen LogP contribution in [-0.2, 0) is 4.79 Å². The minimum Gasteiger partial charge on any atom is -0.480 e. The van der Waals surface area contributed by atoms with Crippen molar-refractivity contribution >= 4 is 5.97 Å². The van der Waals surface area contributed by atoms with Crippen LogP contribution in [0.1, 0.15) is 39.5 Å². The van der Waals surface area contributed by atoms with E-state index >= 15 is 0 Å². The van der Waals surface area contributed by atoms with E-state index < -0.39 is 11.5 Å². The van der Waals surface area contributed by atoms with Crippen LogP contribution in [-0.4, -0.2) is 41.1 Å². The van der Waals surface area contributed by atoms with Crippen LogP contribution in [0.25, 0.3) is 0 Å².